The molecule has 12 heteroatoms. The third-order valence-corrected chi connectivity index (χ3v) is 4.33. The molecule has 0 aromatic heterocycles. The molecule has 0 aliphatic carbocycles. The monoisotopic (exact) mass is 453 g/mol. The van der Waals surface area contributed by atoms with Gasteiger partial charge in [-0.25, -0.2) is 0 Å². The Balaban J connectivity index is 2.63. The van der Waals surface area contributed by atoms with Crippen LogP contribution in [0.5, 0.6) is 17.2 Å². The third kappa shape index (κ3) is 5.37. The molecular weight excluding hydrogens is 435 g/mol. The van der Waals surface area contributed by atoms with E-state index < -0.39 is 47.1 Å². The molecule has 0 saturated carbocycles. The van der Waals surface area contributed by atoms with E-state index in [1.54, 1.807) is 0 Å². The highest BCUT2D eigenvalue weighted by molar-refractivity contribution is 6.00. The molecule has 0 unspecified atom stereocenters. The lowest BCUT2D eigenvalue weighted by atomic mass is 10.1. The van der Waals surface area contributed by atoms with Crippen LogP contribution in [-0.4, -0.2) is 49.8 Å². The van der Waals surface area contributed by atoms with Crippen molar-refractivity contribution in [2.24, 2.45) is 0 Å². The molecule has 1 amide bonds. The fraction of sp³-hybridized carbons (Fsp3) is 0.300. The van der Waals surface area contributed by atoms with Crippen LogP contribution in [0, 0.1) is 21.4 Å². The van der Waals surface area contributed by atoms with Crippen LogP contribution in [0.15, 0.2) is 30.3 Å². The molecule has 0 spiro atoms. The summed E-state index contributed by atoms with van der Waals surface area (Å²) < 4.78 is 54.8. The van der Waals surface area contributed by atoms with Crippen LogP contribution in [0.3, 0.4) is 0 Å². The van der Waals surface area contributed by atoms with Crippen LogP contribution in [0.1, 0.15) is 21.5 Å². The number of benzene rings is 2. The summed E-state index contributed by atoms with van der Waals surface area (Å²) in [5.74, 6) is -2.06. The van der Waals surface area contributed by atoms with Crippen LogP contribution in [0.2, 0.25) is 0 Å². The number of halogens is 3. The zero-order valence-corrected chi connectivity index (χ0v) is 17.2. The quantitative estimate of drug-likeness (QED) is 0.442. The Bertz CT molecular complexity index is 1050. The number of hydrogen-bond acceptors (Lipinski definition) is 7. The van der Waals surface area contributed by atoms with E-state index in [-0.39, 0.29) is 22.6 Å². The van der Waals surface area contributed by atoms with Crippen molar-refractivity contribution in [3.05, 3.63) is 57.1 Å². The number of nitro benzene ring substituents is 1. The summed E-state index contributed by atoms with van der Waals surface area (Å²) in [7, 11) is 3.47. The molecule has 0 heterocycles. The summed E-state index contributed by atoms with van der Waals surface area (Å²) in [6.07, 6.45) is -4.78. The molecule has 2 rings (SSSR count). The maximum Gasteiger partial charge on any atom is 0.406 e. The molecule has 170 valence electrons. The zero-order chi connectivity index (χ0) is 24.1. The number of amides is 1. The second-order valence-electron chi connectivity index (χ2n) is 6.38. The van der Waals surface area contributed by atoms with Gasteiger partial charge in [0.05, 0.1) is 37.9 Å². The largest absolute Gasteiger partial charge is 0.493 e. The van der Waals surface area contributed by atoms with E-state index >= 15 is 0 Å². The van der Waals surface area contributed by atoms with Gasteiger partial charge in [-0.1, -0.05) is 12.1 Å². The molecule has 0 radical (unpaired) electrons. The maximum atomic E-state index is 13.2. The molecule has 2 aromatic carbocycles. The fourth-order valence-electron chi connectivity index (χ4n) is 2.98. The normalized spacial score (nSPS) is 10.8. The average Bonchev–Trinajstić information content (AvgIpc) is 2.75. The van der Waals surface area contributed by atoms with Crippen molar-refractivity contribution in [2.45, 2.75) is 12.7 Å². The van der Waals surface area contributed by atoms with Crippen molar-refractivity contribution in [1.29, 1.82) is 5.26 Å². The van der Waals surface area contributed by atoms with Crippen molar-refractivity contribution in [3.63, 3.8) is 0 Å². The van der Waals surface area contributed by atoms with Gasteiger partial charge in [0.15, 0.2) is 5.75 Å². The van der Waals surface area contributed by atoms with Crippen LogP contribution in [0.25, 0.3) is 0 Å². The predicted octanol–water partition coefficient (Wildman–Crippen LogP) is 3.70. The first-order valence-corrected chi connectivity index (χ1v) is 8.88. The van der Waals surface area contributed by atoms with E-state index in [0.717, 1.165) is 13.2 Å². The topological polar surface area (TPSA) is 115 Å². The molecular formula is C20H18F3N3O6. The number of alkyl halides is 3. The van der Waals surface area contributed by atoms with Gasteiger partial charge in [0.1, 0.15) is 12.1 Å². The highest BCUT2D eigenvalue weighted by Gasteiger charge is 2.38. The summed E-state index contributed by atoms with van der Waals surface area (Å²) >= 11 is 0. The summed E-state index contributed by atoms with van der Waals surface area (Å²) in [4.78, 5) is 24.3. The van der Waals surface area contributed by atoms with E-state index in [1.807, 2.05) is 6.07 Å². The minimum Gasteiger partial charge on any atom is -0.493 e. The second kappa shape index (κ2) is 9.86. The summed E-state index contributed by atoms with van der Waals surface area (Å²) in [5.41, 5.74) is -0.955. The van der Waals surface area contributed by atoms with Gasteiger partial charge in [-0.05, 0) is 17.7 Å². The Kier molecular flexibility index (Phi) is 7.48. The van der Waals surface area contributed by atoms with E-state index in [2.05, 4.69) is 0 Å². The molecule has 0 atom stereocenters. The minimum absolute atomic E-state index is 0.136. The Labute approximate surface area is 180 Å². The molecule has 32 heavy (non-hydrogen) atoms. The van der Waals surface area contributed by atoms with Crippen molar-refractivity contribution in [1.82, 2.24) is 4.90 Å². The lowest BCUT2D eigenvalue weighted by Crippen LogP contribution is -2.38. The summed E-state index contributed by atoms with van der Waals surface area (Å²) in [6, 6.07) is 8.35. The highest BCUT2D eigenvalue weighted by Crippen LogP contribution is 2.46. The van der Waals surface area contributed by atoms with E-state index in [1.165, 1.54) is 38.5 Å². The van der Waals surface area contributed by atoms with Gasteiger partial charge in [-0.2, -0.15) is 18.4 Å². The SMILES string of the molecule is COc1cc(C(=O)N(Cc2ccc(C#N)cc2)CC(F)(F)F)c([N+](=O)[O-])c(OC)c1OC. The van der Waals surface area contributed by atoms with Gasteiger partial charge < -0.3 is 19.1 Å². The molecule has 0 fully saturated rings. The van der Waals surface area contributed by atoms with Crippen molar-refractivity contribution in [3.8, 4) is 23.3 Å². The summed E-state index contributed by atoms with van der Waals surface area (Å²) in [6.45, 7) is -2.18. The maximum absolute atomic E-state index is 13.2. The highest BCUT2D eigenvalue weighted by atomic mass is 19.4. The smallest absolute Gasteiger partial charge is 0.406 e. The molecule has 0 bridgehead atoms. The Morgan fingerprint density at radius 3 is 2.16 bits per heavy atom. The van der Waals surface area contributed by atoms with Crippen LogP contribution >= 0.6 is 0 Å². The number of ether oxygens (including phenoxy) is 3. The molecule has 0 N–H and O–H groups in total. The van der Waals surface area contributed by atoms with Gasteiger partial charge in [0.25, 0.3) is 5.91 Å². The zero-order valence-electron chi connectivity index (χ0n) is 17.2. The van der Waals surface area contributed by atoms with Gasteiger partial charge in [0.2, 0.25) is 11.5 Å². The van der Waals surface area contributed by atoms with E-state index in [4.69, 9.17) is 19.5 Å². The van der Waals surface area contributed by atoms with E-state index in [9.17, 15) is 28.1 Å². The van der Waals surface area contributed by atoms with Crippen LogP contribution in [-0.2, 0) is 6.54 Å². The van der Waals surface area contributed by atoms with Gasteiger partial charge in [-0.15, -0.1) is 0 Å². The molecule has 0 saturated heterocycles. The number of carbonyl (C=O) groups is 1. The molecule has 0 aliphatic heterocycles. The number of hydrogen-bond donors (Lipinski definition) is 0. The average molecular weight is 453 g/mol. The lowest BCUT2D eigenvalue weighted by Gasteiger charge is -2.25. The standard InChI is InChI=1S/C20H18F3N3O6/c1-30-15-8-14(16(26(28)29)18(32-3)17(15)31-2)19(27)25(11-20(21,22)23)10-13-6-4-12(9-24)5-7-13/h4-8H,10-11H2,1-3H3. The van der Waals surface area contributed by atoms with Crippen molar-refractivity contribution < 1.29 is 37.1 Å². The van der Waals surface area contributed by atoms with Gasteiger partial charge in [0, 0.05) is 12.6 Å². The molecule has 9 nitrogen and oxygen atoms in total. The van der Waals surface area contributed by atoms with E-state index in [0.29, 0.717) is 4.90 Å². The van der Waals surface area contributed by atoms with Crippen molar-refractivity contribution >= 4 is 11.6 Å². The predicted molar refractivity (Wildman–Crippen MR) is 105 cm³/mol. The first-order chi connectivity index (χ1) is 15.1. The number of carbonyl (C=O) groups excluding carboxylic acids is 1. The Morgan fingerprint density at radius 2 is 1.72 bits per heavy atom. The third-order valence-electron chi connectivity index (χ3n) is 4.33. The lowest BCUT2D eigenvalue weighted by molar-refractivity contribution is -0.386. The van der Waals surface area contributed by atoms with Gasteiger partial charge >= 0.3 is 11.9 Å². The second-order valence-corrected chi connectivity index (χ2v) is 6.38. The first-order valence-electron chi connectivity index (χ1n) is 8.88. The fourth-order valence-corrected chi connectivity index (χ4v) is 2.98. The summed E-state index contributed by atoms with van der Waals surface area (Å²) in [5, 5.41) is 20.6. The van der Waals surface area contributed by atoms with Crippen LogP contribution < -0.4 is 14.2 Å². The number of nitro groups is 1. The van der Waals surface area contributed by atoms with Crippen molar-refractivity contribution in [2.75, 3.05) is 27.9 Å². The van der Waals surface area contributed by atoms with Crippen LogP contribution in [0.4, 0.5) is 18.9 Å². The Morgan fingerprint density at radius 1 is 1.12 bits per heavy atom. The number of methoxy groups -OCH3 is 3. The molecule has 2 aromatic rings. The Hall–Kier alpha value is -4.01. The van der Waals surface area contributed by atoms with Gasteiger partial charge in [-0.3, -0.25) is 14.9 Å². The number of rotatable bonds is 8. The first kappa shape index (κ1) is 24.3. The molecule has 0 aliphatic rings. The number of nitrogens with zero attached hydrogens (tertiary/aromatic N) is 3. The number of nitriles is 1. The minimum atomic E-state index is -4.78.